The SMILES string of the molecule is CC(C)(C#N)CCCCOc1cccnc1C(=O)O. The third-order valence-electron chi connectivity index (χ3n) is 2.73. The van der Waals surface area contributed by atoms with E-state index in [9.17, 15) is 4.79 Å². The quantitative estimate of drug-likeness (QED) is 0.764. The number of hydrogen-bond donors (Lipinski definition) is 1. The van der Waals surface area contributed by atoms with Crippen molar-refractivity contribution in [2.45, 2.75) is 33.1 Å². The monoisotopic (exact) mass is 262 g/mol. The molecule has 0 fully saturated rings. The van der Waals surface area contributed by atoms with Gasteiger partial charge >= 0.3 is 5.97 Å². The van der Waals surface area contributed by atoms with Gasteiger partial charge in [-0.25, -0.2) is 9.78 Å². The minimum Gasteiger partial charge on any atom is -0.491 e. The van der Waals surface area contributed by atoms with E-state index in [2.05, 4.69) is 11.1 Å². The lowest BCUT2D eigenvalue weighted by molar-refractivity contribution is 0.0685. The van der Waals surface area contributed by atoms with Gasteiger partial charge in [-0.1, -0.05) is 0 Å². The van der Waals surface area contributed by atoms with Gasteiger partial charge in [-0.05, 0) is 45.2 Å². The maximum absolute atomic E-state index is 10.9. The van der Waals surface area contributed by atoms with Gasteiger partial charge in [0.1, 0.15) is 0 Å². The van der Waals surface area contributed by atoms with Crippen LogP contribution in [-0.4, -0.2) is 22.7 Å². The molecule has 0 bridgehead atoms. The lowest BCUT2D eigenvalue weighted by Crippen LogP contribution is -2.09. The highest BCUT2D eigenvalue weighted by Gasteiger charge is 2.16. The van der Waals surface area contributed by atoms with Gasteiger partial charge < -0.3 is 9.84 Å². The van der Waals surface area contributed by atoms with Crippen LogP contribution in [0.15, 0.2) is 18.3 Å². The molecule has 1 rings (SSSR count). The van der Waals surface area contributed by atoms with Crippen LogP contribution in [0, 0.1) is 16.7 Å². The van der Waals surface area contributed by atoms with Crippen molar-refractivity contribution in [1.29, 1.82) is 5.26 Å². The fourth-order valence-electron chi connectivity index (χ4n) is 1.57. The summed E-state index contributed by atoms with van der Waals surface area (Å²) in [6.45, 7) is 4.22. The number of rotatable bonds is 7. The van der Waals surface area contributed by atoms with Crippen LogP contribution < -0.4 is 4.74 Å². The van der Waals surface area contributed by atoms with Crippen molar-refractivity contribution in [3.05, 3.63) is 24.0 Å². The summed E-state index contributed by atoms with van der Waals surface area (Å²) >= 11 is 0. The Morgan fingerprint density at radius 3 is 2.89 bits per heavy atom. The number of carboxylic acid groups (broad SMARTS) is 1. The molecule has 0 spiro atoms. The summed E-state index contributed by atoms with van der Waals surface area (Å²) in [5.74, 6) is -0.809. The predicted molar refractivity (Wildman–Crippen MR) is 69.9 cm³/mol. The summed E-state index contributed by atoms with van der Waals surface area (Å²) in [5, 5.41) is 17.8. The summed E-state index contributed by atoms with van der Waals surface area (Å²) in [4.78, 5) is 14.7. The lowest BCUT2D eigenvalue weighted by Gasteiger charge is -2.14. The molecule has 0 amide bonds. The van der Waals surface area contributed by atoms with Gasteiger partial charge in [0.2, 0.25) is 0 Å². The first-order valence-electron chi connectivity index (χ1n) is 6.18. The molecule has 1 aromatic rings. The third-order valence-corrected chi connectivity index (χ3v) is 2.73. The summed E-state index contributed by atoms with van der Waals surface area (Å²) in [6, 6.07) is 5.48. The van der Waals surface area contributed by atoms with Gasteiger partial charge in [0.05, 0.1) is 18.1 Å². The minimum absolute atomic E-state index is 0.0696. The van der Waals surface area contributed by atoms with Crippen molar-refractivity contribution in [3.63, 3.8) is 0 Å². The second-order valence-electron chi connectivity index (χ2n) is 4.96. The molecule has 102 valence electrons. The van der Waals surface area contributed by atoms with Crippen LogP contribution in [0.5, 0.6) is 5.75 Å². The van der Waals surface area contributed by atoms with Gasteiger partial charge in [-0.2, -0.15) is 5.26 Å². The smallest absolute Gasteiger partial charge is 0.358 e. The third kappa shape index (κ3) is 4.96. The normalized spacial score (nSPS) is 10.8. The average Bonchev–Trinajstić information content (AvgIpc) is 2.38. The molecule has 5 heteroatoms. The summed E-state index contributed by atoms with van der Waals surface area (Å²) in [5.41, 5.74) is -0.389. The largest absolute Gasteiger partial charge is 0.491 e. The topological polar surface area (TPSA) is 83.2 Å². The van der Waals surface area contributed by atoms with Gasteiger partial charge in [0.15, 0.2) is 11.4 Å². The van der Waals surface area contributed by atoms with E-state index >= 15 is 0 Å². The maximum atomic E-state index is 10.9. The molecule has 0 radical (unpaired) electrons. The Hall–Kier alpha value is -2.09. The Morgan fingerprint density at radius 2 is 2.26 bits per heavy atom. The Bertz CT molecular complexity index is 478. The minimum atomic E-state index is -1.10. The summed E-state index contributed by atoms with van der Waals surface area (Å²) < 4.78 is 5.42. The number of aromatic carboxylic acids is 1. The number of carboxylic acids is 1. The Morgan fingerprint density at radius 1 is 1.53 bits per heavy atom. The van der Waals surface area contributed by atoms with Gasteiger partial charge in [0, 0.05) is 6.20 Å². The molecule has 0 unspecified atom stereocenters. The Balaban J connectivity index is 2.39. The van der Waals surface area contributed by atoms with E-state index in [-0.39, 0.29) is 16.9 Å². The van der Waals surface area contributed by atoms with E-state index < -0.39 is 5.97 Å². The fraction of sp³-hybridized carbons (Fsp3) is 0.500. The highest BCUT2D eigenvalue weighted by atomic mass is 16.5. The van der Waals surface area contributed by atoms with E-state index in [1.807, 2.05) is 13.8 Å². The van der Waals surface area contributed by atoms with Crippen molar-refractivity contribution >= 4 is 5.97 Å². The first-order valence-corrected chi connectivity index (χ1v) is 6.18. The van der Waals surface area contributed by atoms with Gasteiger partial charge in [-0.3, -0.25) is 0 Å². The van der Waals surface area contributed by atoms with Gasteiger partial charge in [-0.15, -0.1) is 0 Å². The maximum Gasteiger partial charge on any atom is 0.358 e. The van der Waals surface area contributed by atoms with E-state index in [0.29, 0.717) is 6.61 Å². The fourth-order valence-corrected chi connectivity index (χ4v) is 1.57. The average molecular weight is 262 g/mol. The molecular weight excluding hydrogens is 244 g/mol. The van der Waals surface area contributed by atoms with Crippen LogP contribution >= 0.6 is 0 Å². The second kappa shape index (κ2) is 6.74. The second-order valence-corrected chi connectivity index (χ2v) is 4.96. The molecule has 1 aromatic heterocycles. The number of ether oxygens (including phenoxy) is 1. The Labute approximate surface area is 112 Å². The van der Waals surface area contributed by atoms with Crippen LogP contribution in [0.2, 0.25) is 0 Å². The molecular formula is C14H18N2O3. The summed E-state index contributed by atoms with van der Waals surface area (Å²) in [7, 11) is 0. The van der Waals surface area contributed by atoms with E-state index in [1.165, 1.54) is 6.20 Å². The predicted octanol–water partition coefficient (Wildman–Crippen LogP) is 2.88. The number of nitriles is 1. The van der Waals surface area contributed by atoms with E-state index in [1.54, 1.807) is 12.1 Å². The molecule has 1 N–H and O–H groups in total. The van der Waals surface area contributed by atoms with Crippen LogP contribution in [0.4, 0.5) is 0 Å². The molecule has 1 heterocycles. The molecule has 5 nitrogen and oxygen atoms in total. The molecule has 0 saturated carbocycles. The van der Waals surface area contributed by atoms with Crippen LogP contribution in [-0.2, 0) is 0 Å². The highest BCUT2D eigenvalue weighted by molar-refractivity contribution is 5.88. The first-order chi connectivity index (χ1) is 8.96. The standard InChI is InChI=1S/C14H18N2O3/c1-14(2,10-15)7-3-4-9-19-11-6-5-8-16-12(11)13(17)18/h5-6,8H,3-4,7,9H2,1-2H3,(H,17,18). The molecule has 0 aromatic carbocycles. The number of unbranched alkanes of at least 4 members (excludes halogenated alkanes) is 1. The van der Waals surface area contributed by atoms with Crippen molar-refractivity contribution in [2.75, 3.05) is 6.61 Å². The van der Waals surface area contributed by atoms with Crippen LogP contribution in [0.3, 0.4) is 0 Å². The van der Waals surface area contributed by atoms with E-state index in [0.717, 1.165) is 19.3 Å². The molecule has 0 aliphatic carbocycles. The number of aromatic nitrogens is 1. The Kier molecular flexibility index (Phi) is 5.31. The van der Waals surface area contributed by atoms with Crippen molar-refractivity contribution < 1.29 is 14.6 Å². The number of pyridine rings is 1. The lowest BCUT2D eigenvalue weighted by atomic mass is 9.89. The first kappa shape index (κ1) is 15.0. The molecule has 19 heavy (non-hydrogen) atoms. The van der Waals surface area contributed by atoms with Crippen molar-refractivity contribution in [1.82, 2.24) is 4.98 Å². The summed E-state index contributed by atoms with van der Waals surface area (Å²) in [6.07, 6.45) is 3.86. The van der Waals surface area contributed by atoms with E-state index in [4.69, 9.17) is 15.1 Å². The molecule has 0 atom stereocenters. The zero-order chi connectivity index (χ0) is 14.3. The zero-order valence-electron chi connectivity index (χ0n) is 11.2. The van der Waals surface area contributed by atoms with Gasteiger partial charge in [0.25, 0.3) is 0 Å². The van der Waals surface area contributed by atoms with Crippen molar-refractivity contribution in [3.8, 4) is 11.8 Å². The molecule has 0 saturated heterocycles. The van der Waals surface area contributed by atoms with Crippen LogP contribution in [0.25, 0.3) is 0 Å². The zero-order valence-corrected chi connectivity index (χ0v) is 11.2. The van der Waals surface area contributed by atoms with Crippen molar-refractivity contribution in [2.24, 2.45) is 5.41 Å². The number of nitrogens with zero attached hydrogens (tertiary/aromatic N) is 2. The number of hydrogen-bond acceptors (Lipinski definition) is 4. The molecule has 0 aliphatic heterocycles. The highest BCUT2D eigenvalue weighted by Crippen LogP contribution is 2.22. The number of carbonyl (C=O) groups is 1. The van der Waals surface area contributed by atoms with Crippen LogP contribution in [0.1, 0.15) is 43.6 Å². The molecule has 0 aliphatic rings.